The van der Waals surface area contributed by atoms with E-state index in [-0.39, 0.29) is 29.2 Å². The van der Waals surface area contributed by atoms with Crippen LogP contribution in [-0.2, 0) is 27.6 Å². The van der Waals surface area contributed by atoms with E-state index < -0.39 is 9.84 Å². The van der Waals surface area contributed by atoms with Gasteiger partial charge in [0.25, 0.3) is 0 Å². The van der Waals surface area contributed by atoms with Crippen LogP contribution in [-0.4, -0.2) is 35.5 Å². The molecule has 0 unspecified atom stereocenters. The maximum Gasteiger partial charge on any atom is 0.230 e. The van der Waals surface area contributed by atoms with Crippen LogP contribution >= 0.6 is 11.3 Å². The van der Waals surface area contributed by atoms with Crippen molar-refractivity contribution in [3.05, 3.63) is 58.0 Å². The van der Waals surface area contributed by atoms with Crippen LogP contribution in [0.1, 0.15) is 47.4 Å². The Balaban J connectivity index is 1.51. The number of nitrogens with zero attached hydrogens (tertiary/aromatic N) is 5. The SMILES string of the molecule is Cc1ncc(C#N)c(N2Cc3sc(NC(=O)Cc4ccc(S(C)(=O)=O)cc4)nc3[C@@H]2C(C)C)n1. The minimum absolute atomic E-state index is 0.0816. The number of nitriles is 1. The summed E-state index contributed by atoms with van der Waals surface area (Å²) in [6.45, 7) is 6.51. The van der Waals surface area contributed by atoms with Gasteiger partial charge in [-0.1, -0.05) is 37.3 Å². The Morgan fingerprint density at radius 2 is 2.00 bits per heavy atom. The van der Waals surface area contributed by atoms with Gasteiger partial charge in [0.2, 0.25) is 5.91 Å². The molecule has 0 spiro atoms. The molecule has 1 aliphatic rings. The second-order valence-corrected chi connectivity index (χ2v) is 11.7. The van der Waals surface area contributed by atoms with Gasteiger partial charge in [-0.25, -0.2) is 23.4 Å². The molecule has 1 amide bonds. The number of rotatable bonds is 6. The summed E-state index contributed by atoms with van der Waals surface area (Å²) in [4.78, 5) is 29.3. The fraction of sp³-hybridized carbons (Fsp3) is 0.348. The molecule has 1 N–H and O–H groups in total. The zero-order valence-corrected chi connectivity index (χ0v) is 20.9. The molecule has 1 atom stereocenters. The molecule has 34 heavy (non-hydrogen) atoms. The predicted octanol–water partition coefficient (Wildman–Crippen LogP) is 3.42. The third-order valence-corrected chi connectivity index (χ3v) is 7.63. The van der Waals surface area contributed by atoms with Crippen molar-refractivity contribution < 1.29 is 13.2 Å². The first-order valence-electron chi connectivity index (χ1n) is 10.7. The largest absolute Gasteiger partial charge is 0.341 e. The second-order valence-electron chi connectivity index (χ2n) is 8.55. The molecule has 0 saturated heterocycles. The quantitative estimate of drug-likeness (QED) is 0.550. The monoisotopic (exact) mass is 496 g/mol. The smallest absolute Gasteiger partial charge is 0.230 e. The van der Waals surface area contributed by atoms with E-state index in [9.17, 15) is 18.5 Å². The van der Waals surface area contributed by atoms with Crippen molar-refractivity contribution in [2.45, 2.75) is 44.7 Å². The zero-order valence-electron chi connectivity index (χ0n) is 19.2. The van der Waals surface area contributed by atoms with Crippen LogP contribution in [0.25, 0.3) is 0 Å². The molecule has 1 aromatic carbocycles. The molecule has 0 radical (unpaired) electrons. The number of amides is 1. The van der Waals surface area contributed by atoms with Gasteiger partial charge in [0, 0.05) is 6.26 Å². The van der Waals surface area contributed by atoms with Crippen molar-refractivity contribution in [3.63, 3.8) is 0 Å². The van der Waals surface area contributed by atoms with Crippen molar-refractivity contribution in [2.24, 2.45) is 5.92 Å². The lowest BCUT2D eigenvalue weighted by molar-refractivity contribution is -0.115. The van der Waals surface area contributed by atoms with E-state index >= 15 is 0 Å². The summed E-state index contributed by atoms with van der Waals surface area (Å²) in [5, 5.41) is 12.9. The Labute approximate surface area is 202 Å². The maximum atomic E-state index is 12.6. The van der Waals surface area contributed by atoms with Gasteiger partial charge in [0.1, 0.15) is 17.5 Å². The molecule has 176 valence electrons. The number of aryl methyl sites for hydroxylation is 1. The van der Waals surface area contributed by atoms with E-state index in [0.29, 0.717) is 34.4 Å². The molecule has 3 heterocycles. The summed E-state index contributed by atoms with van der Waals surface area (Å²) in [5.74, 6) is 1.16. The van der Waals surface area contributed by atoms with Crippen LogP contribution in [0.2, 0.25) is 0 Å². The van der Waals surface area contributed by atoms with E-state index in [4.69, 9.17) is 4.98 Å². The Morgan fingerprint density at radius 1 is 1.29 bits per heavy atom. The average molecular weight is 497 g/mol. The van der Waals surface area contributed by atoms with E-state index in [1.54, 1.807) is 25.3 Å². The number of sulfone groups is 1. The minimum Gasteiger partial charge on any atom is -0.341 e. The number of thiazole rings is 1. The number of carbonyl (C=O) groups is 1. The van der Waals surface area contributed by atoms with Gasteiger partial charge in [0.05, 0.1) is 40.7 Å². The average Bonchev–Trinajstić information content (AvgIpc) is 3.30. The Kier molecular flexibility index (Phi) is 6.38. The minimum atomic E-state index is -3.28. The molecule has 4 rings (SSSR count). The fourth-order valence-corrected chi connectivity index (χ4v) is 5.65. The zero-order chi connectivity index (χ0) is 24.6. The van der Waals surface area contributed by atoms with Crippen LogP contribution in [0, 0.1) is 24.2 Å². The van der Waals surface area contributed by atoms with Crippen molar-refractivity contribution >= 4 is 38.0 Å². The summed E-state index contributed by atoms with van der Waals surface area (Å²) in [7, 11) is -3.28. The van der Waals surface area contributed by atoms with Crippen molar-refractivity contribution in [1.82, 2.24) is 15.0 Å². The van der Waals surface area contributed by atoms with Gasteiger partial charge in [-0.2, -0.15) is 5.26 Å². The molecule has 0 saturated carbocycles. The molecule has 0 bridgehead atoms. The van der Waals surface area contributed by atoms with Crippen molar-refractivity contribution in [1.29, 1.82) is 5.26 Å². The number of hydrogen-bond acceptors (Lipinski definition) is 9. The summed E-state index contributed by atoms with van der Waals surface area (Å²) in [6.07, 6.45) is 2.80. The highest BCUT2D eigenvalue weighted by molar-refractivity contribution is 7.90. The Bertz CT molecular complexity index is 1390. The topological polar surface area (TPSA) is 129 Å². The molecular weight excluding hydrogens is 472 g/mol. The standard InChI is InChI=1S/C23H24N6O3S2/c1-13(2)21-20-18(12-29(21)22-16(10-24)11-25-14(3)26-22)33-23(28-20)27-19(30)9-15-5-7-17(8-6-15)34(4,31)32/h5-8,11,13,21H,9,12H2,1-4H3,(H,27,28,30)/t21-/m0/s1. The van der Waals surface area contributed by atoms with Crippen LogP contribution in [0.15, 0.2) is 35.4 Å². The van der Waals surface area contributed by atoms with Crippen molar-refractivity contribution in [3.8, 4) is 6.07 Å². The van der Waals surface area contributed by atoms with Gasteiger partial charge >= 0.3 is 0 Å². The molecule has 3 aromatic rings. The summed E-state index contributed by atoms with van der Waals surface area (Å²) in [5.41, 5.74) is 2.01. The number of fused-ring (bicyclic) bond motifs is 1. The predicted molar refractivity (Wildman–Crippen MR) is 129 cm³/mol. The molecule has 1 aliphatic heterocycles. The number of carbonyl (C=O) groups excluding carboxylic acids is 1. The van der Waals surface area contributed by atoms with Crippen LogP contribution in [0.4, 0.5) is 10.9 Å². The highest BCUT2D eigenvalue weighted by Gasteiger charge is 2.38. The van der Waals surface area contributed by atoms with E-state index in [1.165, 1.54) is 23.5 Å². The fourth-order valence-electron chi connectivity index (χ4n) is 4.00. The van der Waals surface area contributed by atoms with E-state index in [1.807, 2.05) is 0 Å². The number of nitrogens with one attached hydrogen (secondary N) is 1. The summed E-state index contributed by atoms with van der Waals surface area (Å²) in [6, 6.07) is 8.38. The molecule has 0 fully saturated rings. The Hall–Kier alpha value is -3.36. The molecule has 2 aromatic heterocycles. The first kappa shape index (κ1) is 23.8. The highest BCUT2D eigenvalue weighted by atomic mass is 32.2. The number of aromatic nitrogens is 3. The lowest BCUT2D eigenvalue weighted by Gasteiger charge is -2.29. The molecule has 9 nitrogen and oxygen atoms in total. The third kappa shape index (κ3) is 4.78. The van der Waals surface area contributed by atoms with Crippen LogP contribution in [0.3, 0.4) is 0 Å². The first-order chi connectivity index (χ1) is 16.1. The van der Waals surface area contributed by atoms with Crippen LogP contribution in [0.5, 0.6) is 0 Å². The summed E-state index contributed by atoms with van der Waals surface area (Å²) >= 11 is 1.41. The lowest BCUT2D eigenvalue weighted by atomic mass is 10.0. The third-order valence-electron chi connectivity index (χ3n) is 5.53. The van der Waals surface area contributed by atoms with Crippen LogP contribution < -0.4 is 10.2 Å². The highest BCUT2D eigenvalue weighted by Crippen LogP contribution is 2.44. The van der Waals surface area contributed by atoms with Gasteiger partial charge in [-0.05, 0) is 30.5 Å². The number of anilines is 2. The second kappa shape index (κ2) is 9.12. The summed E-state index contributed by atoms with van der Waals surface area (Å²) < 4.78 is 23.2. The van der Waals surface area contributed by atoms with E-state index in [0.717, 1.165) is 16.8 Å². The lowest BCUT2D eigenvalue weighted by Crippen LogP contribution is -2.28. The van der Waals surface area contributed by atoms with Gasteiger partial charge in [0.15, 0.2) is 20.8 Å². The normalized spacial score (nSPS) is 15.3. The van der Waals surface area contributed by atoms with Crippen molar-refractivity contribution in [2.75, 3.05) is 16.5 Å². The Morgan fingerprint density at radius 3 is 2.62 bits per heavy atom. The van der Waals surface area contributed by atoms with Gasteiger partial charge in [-0.3, -0.25) is 4.79 Å². The van der Waals surface area contributed by atoms with Gasteiger partial charge < -0.3 is 10.2 Å². The van der Waals surface area contributed by atoms with E-state index in [2.05, 4.69) is 40.1 Å². The molecular formula is C23H24N6O3S2. The van der Waals surface area contributed by atoms with Gasteiger partial charge in [-0.15, -0.1) is 0 Å². The number of benzene rings is 1. The molecule has 11 heteroatoms. The number of hydrogen-bond donors (Lipinski definition) is 1. The molecule has 0 aliphatic carbocycles. The maximum absolute atomic E-state index is 12.6. The first-order valence-corrected chi connectivity index (χ1v) is 13.4.